The lowest BCUT2D eigenvalue weighted by Crippen LogP contribution is -2.25. The first kappa shape index (κ1) is 14.0. The molecule has 0 saturated heterocycles. The zero-order valence-corrected chi connectivity index (χ0v) is 10.9. The van der Waals surface area contributed by atoms with Crippen LogP contribution < -0.4 is 0 Å². The van der Waals surface area contributed by atoms with Gasteiger partial charge in [-0.25, -0.2) is 0 Å². The first-order valence-electron chi connectivity index (χ1n) is 6.68. The lowest BCUT2D eigenvalue weighted by atomic mass is 9.92. The van der Waals surface area contributed by atoms with Crippen LogP contribution in [0.15, 0.2) is 30.3 Å². The van der Waals surface area contributed by atoms with Gasteiger partial charge in [0.2, 0.25) is 0 Å². The quantitative estimate of drug-likeness (QED) is 0.825. The van der Waals surface area contributed by atoms with Crippen LogP contribution in [0.25, 0.3) is 0 Å². The monoisotopic (exact) mass is 264 g/mol. The summed E-state index contributed by atoms with van der Waals surface area (Å²) in [6, 6.07) is 9.88. The highest BCUT2D eigenvalue weighted by Gasteiger charge is 2.36. The van der Waals surface area contributed by atoms with Crippen molar-refractivity contribution in [3.63, 3.8) is 0 Å². The highest BCUT2D eigenvalue weighted by Crippen LogP contribution is 2.34. The first-order valence-corrected chi connectivity index (χ1v) is 6.68. The van der Waals surface area contributed by atoms with Gasteiger partial charge in [0.15, 0.2) is 0 Å². The van der Waals surface area contributed by atoms with Crippen molar-refractivity contribution in [1.29, 1.82) is 0 Å². The smallest absolute Gasteiger partial charge is 0.303 e. The third-order valence-electron chi connectivity index (χ3n) is 3.79. The molecule has 1 aliphatic rings. The molecule has 0 amide bonds. The third-order valence-corrected chi connectivity index (χ3v) is 3.79. The third kappa shape index (κ3) is 4.04. The molecular formula is C15H20O4. The Kier molecular flexibility index (Phi) is 4.93. The topological polar surface area (TPSA) is 66.8 Å². The number of aliphatic hydroxyl groups excluding tert-OH is 1. The fourth-order valence-electron chi connectivity index (χ4n) is 2.74. The highest BCUT2D eigenvalue weighted by atomic mass is 16.5. The van der Waals surface area contributed by atoms with E-state index in [1.807, 2.05) is 30.3 Å². The Labute approximate surface area is 113 Å². The molecule has 0 spiro atoms. The summed E-state index contributed by atoms with van der Waals surface area (Å²) < 4.78 is 5.66. The lowest BCUT2D eigenvalue weighted by Gasteiger charge is -2.20. The molecule has 1 aliphatic carbocycles. The minimum atomic E-state index is -0.848. The van der Waals surface area contributed by atoms with Crippen LogP contribution in [0.5, 0.6) is 0 Å². The number of benzene rings is 1. The van der Waals surface area contributed by atoms with E-state index in [0.29, 0.717) is 19.6 Å². The van der Waals surface area contributed by atoms with Crippen LogP contribution in [0.2, 0.25) is 0 Å². The maximum atomic E-state index is 10.8. The standard InChI is InChI=1S/C15H20O4/c16-14-7-6-12(13(14)8-15(17)18)10-19-9-11-4-2-1-3-5-11/h1-5,12-14,16H,6-10H2,(H,17,18). The Morgan fingerprint density at radius 2 is 2.00 bits per heavy atom. The molecule has 0 radical (unpaired) electrons. The summed E-state index contributed by atoms with van der Waals surface area (Å²) in [6.07, 6.45) is 1.05. The second kappa shape index (κ2) is 6.68. The molecule has 0 bridgehead atoms. The minimum absolute atomic E-state index is 0.0283. The highest BCUT2D eigenvalue weighted by molar-refractivity contribution is 5.67. The summed E-state index contributed by atoms with van der Waals surface area (Å²) in [5.41, 5.74) is 1.11. The van der Waals surface area contributed by atoms with Gasteiger partial charge in [-0.05, 0) is 24.3 Å². The van der Waals surface area contributed by atoms with Crippen molar-refractivity contribution in [3.8, 4) is 0 Å². The predicted octanol–water partition coefficient (Wildman–Crippen LogP) is 2.06. The van der Waals surface area contributed by atoms with Gasteiger partial charge in [0.05, 0.1) is 25.7 Å². The Morgan fingerprint density at radius 1 is 1.26 bits per heavy atom. The van der Waals surface area contributed by atoms with Crippen molar-refractivity contribution >= 4 is 5.97 Å². The Morgan fingerprint density at radius 3 is 2.68 bits per heavy atom. The number of rotatable bonds is 6. The molecule has 4 heteroatoms. The van der Waals surface area contributed by atoms with Gasteiger partial charge in [0, 0.05) is 5.92 Å². The van der Waals surface area contributed by atoms with E-state index in [1.165, 1.54) is 0 Å². The van der Waals surface area contributed by atoms with E-state index in [4.69, 9.17) is 9.84 Å². The van der Waals surface area contributed by atoms with Gasteiger partial charge < -0.3 is 14.9 Å². The number of carboxylic acids is 1. The summed E-state index contributed by atoms with van der Waals surface area (Å²) in [7, 11) is 0. The SMILES string of the molecule is O=C(O)CC1C(O)CCC1COCc1ccccc1. The summed E-state index contributed by atoms with van der Waals surface area (Å²) in [6.45, 7) is 1.05. The normalized spacial score (nSPS) is 26.5. The van der Waals surface area contributed by atoms with Crippen molar-refractivity contribution in [1.82, 2.24) is 0 Å². The Balaban J connectivity index is 1.80. The summed E-state index contributed by atoms with van der Waals surface area (Å²) >= 11 is 0. The first-order chi connectivity index (χ1) is 9.16. The second-order valence-corrected chi connectivity index (χ2v) is 5.17. The lowest BCUT2D eigenvalue weighted by molar-refractivity contribution is -0.139. The van der Waals surface area contributed by atoms with E-state index in [-0.39, 0.29) is 18.3 Å². The minimum Gasteiger partial charge on any atom is -0.481 e. The largest absolute Gasteiger partial charge is 0.481 e. The molecule has 2 N–H and O–H groups in total. The van der Waals surface area contributed by atoms with E-state index in [0.717, 1.165) is 12.0 Å². The predicted molar refractivity (Wildman–Crippen MR) is 70.6 cm³/mol. The molecule has 3 atom stereocenters. The van der Waals surface area contributed by atoms with Crippen molar-refractivity contribution in [3.05, 3.63) is 35.9 Å². The van der Waals surface area contributed by atoms with Crippen LogP contribution in [-0.4, -0.2) is 28.9 Å². The zero-order valence-electron chi connectivity index (χ0n) is 10.9. The van der Waals surface area contributed by atoms with Gasteiger partial charge >= 0.3 is 5.97 Å². The maximum Gasteiger partial charge on any atom is 0.303 e. The summed E-state index contributed by atoms with van der Waals surface area (Å²) in [5, 5.41) is 18.7. The number of carboxylic acid groups (broad SMARTS) is 1. The average Bonchev–Trinajstić information content (AvgIpc) is 2.72. The molecule has 1 fully saturated rings. The number of hydrogen-bond acceptors (Lipinski definition) is 3. The molecule has 1 saturated carbocycles. The van der Waals surface area contributed by atoms with E-state index in [1.54, 1.807) is 0 Å². The molecule has 3 unspecified atom stereocenters. The molecule has 104 valence electrons. The second-order valence-electron chi connectivity index (χ2n) is 5.17. The Hall–Kier alpha value is -1.39. The van der Waals surface area contributed by atoms with Crippen molar-refractivity contribution in [2.45, 2.75) is 32.0 Å². The van der Waals surface area contributed by atoms with E-state index in [9.17, 15) is 9.90 Å². The average molecular weight is 264 g/mol. The Bertz CT molecular complexity index is 404. The molecule has 0 heterocycles. The van der Waals surface area contributed by atoms with Crippen molar-refractivity contribution in [2.75, 3.05) is 6.61 Å². The fraction of sp³-hybridized carbons (Fsp3) is 0.533. The van der Waals surface area contributed by atoms with Gasteiger partial charge in [-0.1, -0.05) is 30.3 Å². The van der Waals surface area contributed by atoms with Crippen molar-refractivity contribution < 1.29 is 19.7 Å². The van der Waals surface area contributed by atoms with Gasteiger partial charge in [-0.2, -0.15) is 0 Å². The molecule has 0 aliphatic heterocycles. The number of aliphatic carboxylic acids is 1. The number of ether oxygens (including phenoxy) is 1. The molecule has 19 heavy (non-hydrogen) atoms. The zero-order chi connectivity index (χ0) is 13.7. The van der Waals surface area contributed by atoms with Crippen LogP contribution in [-0.2, 0) is 16.1 Å². The van der Waals surface area contributed by atoms with E-state index < -0.39 is 12.1 Å². The van der Waals surface area contributed by atoms with Gasteiger partial charge in [-0.3, -0.25) is 4.79 Å². The van der Waals surface area contributed by atoms with Crippen LogP contribution in [0.3, 0.4) is 0 Å². The molecule has 1 aromatic rings. The van der Waals surface area contributed by atoms with Crippen LogP contribution in [0.4, 0.5) is 0 Å². The van der Waals surface area contributed by atoms with Crippen LogP contribution in [0.1, 0.15) is 24.8 Å². The number of aliphatic hydroxyl groups is 1. The molecule has 4 nitrogen and oxygen atoms in total. The van der Waals surface area contributed by atoms with Gasteiger partial charge in [0.1, 0.15) is 0 Å². The van der Waals surface area contributed by atoms with Gasteiger partial charge in [0.25, 0.3) is 0 Å². The molecular weight excluding hydrogens is 244 g/mol. The number of hydrogen-bond donors (Lipinski definition) is 2. The fourth-order valence-corrected chi connectivity index (χ4v) is 2.74. The molecule has 0 aromatic heterocycles. The van der Waals surface area contributed by atoms with Crippen LogP contribution >= 0.6 is 0 Å². The van der Waals surface area contributed by atoms with Crippen molar-refractivity contribution in [2.24, 2.45) is 11.8 Å². The van der Waals surface area contributed by atoms with E-state index >= 15 is 0 Å². The van der Waals surface area contributed by atoms with Gasteiger partial charge in [-0.15, -0.1) is 0 Å². The molecule has 1 aromatic carbocycles. The summed E-state index contributed by atoms with van der Waals surface area (Å²) in [5.74, 6) is -0.873. The van der Waals surface area contributed by atoms with Crippen LogP contribution in [0, 0.1) is 11.8 Å². The number of carbonyl (C=O) groups is 1. The molecule has 2 rings (SSSR count). The van der Waals surface area contributed by atoms with E-state index in [2.05, 4.69) is 0 Å². The summed E-state index contributed by atoms with van der Waals surface area (Å²) in [4.78, 5) is 10.8. The maximum absolute atomic E-state index is 10.8.